The maximum atomic E-state index is 13.6. The number of rotatable bonds is 2. The van der Waals surface area contributed by atoms with Crippen LogP contribution in [0.1, 0.15) is 22.8 Å². The molecule has 0 amide bonds. The first-order chi connectivity index (χ1) is 8.91. The van der Waals surface area contributed by atoms with Crippen LogP contribution in [0.3, 0.4) is 0 Å². The zero-order valence-electron chi connectivity index (χ0n) is 9.92. The Morgan fingerprint density at radius 2 is 1.63 bits per heavy atom. The molecule has 0 aromatic heterocycles. The molecule has 0 aliphatic heterocycles. The Morgan fingerprint density at radius 3 is 2.32 bits per heavy atom. The number of hydrogen-bond donors (Lipinski definition) is 1. The van der Waals surface area contributed by atoms with E-state index in [0.29, 0.717) is 28.3 Å². The Balaban J connectivity index is 2.53. The fourth-order valence-electron chi connectivity index (χ4n) is 1.84. The lowest BCUT2D eigenvalue weighted by Crippen LogP contribution is -2.06. The number of hydrogen-bond acceptors (Lipinski definition) is 1. The zero-order valence-corrected chi connectivity index (χ0v) is 10.7. The van der Waals surface area contributed by atoms with E-state index in [-0.39, 0.29) is 5.56 Å². The van der Waals surface area contributed by atoms with Crippen LogP contribution in [0.25, 0.3) is 0 Å². The second kappa shape index (κ2) is 5.23. The molecule has 1 atom stereocenters. The average molecular weight is 287 g/mol. The summed E-state index contributed by atoms with van der Waals surface area (Å²) in [5.41, 5.74) is 0.572. The maximum Gasteiger partial charge on any atom is 0.161 e. The Bertz CT molecular complexity index is 628. The van der Waals surface area contributed by atoms with Gasteiger partial charge >= 0.3 is 0 Å². The third-order valence-corrected chi connectivity index (χ3v) is 3.35. The smallest absolute Gasteiger partial charge is 0.161 e. The van der Waals surface area contributed by atoms with Gasteiger partial charge in [0.05, 0.1) is 0 Å². The second-order valence-corrected chi connectivity index (χ2v) is 4.55. The van der Waals surface area contributed by atoms with E-state index in [9.17, 15) is 18.3 Å². The van der Waals surface area contributed by atoms with Crippen molar-refractivity contribution in [1.29, 1.82) is 0 Å². The SMILES string of the molecule is Cc1c(Cl)cccc1C(O)c1cc(F)c(F)cc1F. The standard InChI is InChI=1S/C14H10ClF3O/c1-7-8(3-2-4-10(7)15)14(19)9-5-12(17)13(18)6-11(9)16/h2-6,14,19H,1H3. The summed E-state index contributed by atoms with van der Waals surface area (Å²) >= 11 is 5.90. The Labute approximate surface area is 113 Å². The molecule has 0 bridgehead atoms. The highest BCUT2D eigenvalue weighted by Crippen LogP contribution is 2.30. The van der Waals surface area contributed by atoms with E-state index in [1.807, 2.05) is 0 Å². The van der Waals surface area contributed by atoms with Gasteiger partial charge in [-0.2, -0.15) is 0 Å². The van der Waals surface area contributed by atoms with E-state index in [4.69, 9.17) is 11.6 Å². The van der Waals surface area contributed by atoms with E-state index >= 15 is 0 Å². The molecule has 5 heteroatoms. The molecule has 2 rings (SSSR count). The van der Waals surface area contributed by atoms with Gasteiger partial charge in [0.2, 0.25) is 0 Å². The van der Waals surface area contributed by atoms with Crippen LogP contribution < -0.4 is 0 Å². The van der Waals surface area contributed by atoms with Crippen LogP contribution in [0.4, 0.5) is 13.2 Å². The van der Waals surface area contributed by atoms with Gasteiger partial charge in [0, 0.05) is 16.7 Å². The summed E-state index contributed by atoms with van der Waals surface area (Å²) < 4.78 is 39.6. The molecule has 0 saturated carbocycles. The third-order valence-electron chi connectivity index (χ3n) is 2.94. The summed E-state index contributed by atoms with van der Waals surface area (Å²) in [7, 11) is 0. The number of aliphatic hydroxyl groups excluding tert-OH is 1. The Kier molecular flexibility index (Phi) is 3.83. The molecule has 100 valence electrons. The van der Waals surface area contributed by atoms with Crippen LogP contribution in [0.15, 0.2) is 30.3 Å². The third kappa shape index (κ3) is 2.60. The van der Waals surface area contributed by atoms with Gasteiger partial charge in [-0.15, -0.1) is 0 Å². The predicted octanol–water partition coefficient (Wildman–Crippen LogP) is 4.15. The van der Waals surface area contributed by atoms with Crippen molar-refractivity contribution in [3.05, 3.63) is 69.5 Å². The number of halogens is 4. The molecule has 2 aromatic carbocycles. The van der Waals surface area contributed by atoms with Crippen LogP contribution in [0.2, 0.25) is 5.02 Å². The highest BCUT2D eigenvalue weighted by Gasteiger charge is 2.20. The van der Waals surface area contributed by atoms with Gasteiger partial charge in [0.15, 0.2) is 11.6 Å². The molecule has 0 spiro atoms. The second-order valence-electron chi connectivity index (χ2n) is 4.14. The highest BCUT2D eigenvalue weighted by atomic mass is 35.5. The molecule has 0 fully saturated rings. The molecule has 2 aromatic rings. The van der Waals surface area contributed by atoms with Crippen molar-refractivity contribution in [3.8, 4) is 0 Å². The lowest BCUT2D eigenvalue weighted by Gasteiger charge is -2.16. The molecule has 19 heavy (non-hydrogen) atoms. The summed E-state index contributed by atoms with van der Waals surface area (Å²) in [6, 6.07) is 5.82. The van der Waals surface area contributed by atoms with Crippen molar-refractivity contribution in [2.75, 3.05) is 0 Å². The van der Waals surface area contributed by atoms with Gasteiger partial charge in [-0.1, -0.05) is 23.7 Å². The molecule has 0 aliphatic rings. The number of benzene rings is 2. The van der Waals surface area contributed by atoms with Gasteiger partial charge in [-0.3, -0.25) is 0 Å². The van der Waals surface area contributed by atoms with Crippen molar-refractivity contribution in [2.24, 2.45) is 0 Å². The molecule has 0 aliphatic carbocycles. The van der Waals surface area contributed by atoms with Crippen molar-refractivity contribution < 1.29 is 18.3 Å². The molecular weight excluding hydrogens is 277 g/mol. The summed E-state index contributed by atoms with van der Waals surface area (Å²) in [5.74, 6) is -3.52. The molecule has 1 N–H and O–H groups in total. The van der Waals surface area contributed by atoms with E-state index < -0.39 is 23.6 Å². The summed E-state index contributed by atoms with van der Waals surface area (Å²) in [5, 5.41) is 10.5. The largest absolute Gasteiger partial charge is 0.384 e. The van der Waals surface area contributed by atoms with Crippen LogP contribution >= 0.6 is 11.6 Å². The van der Waals surface area contributed by atoms with E-state index in [1.54, 1.807) is 25.1 Å². The summed E-state index contributed by atoms with van der Waals surface area (Å²) in [4.78, 5) is 0. The van der Waals surface area contributed by atoms with Gasteiger partial charge in [-0.25, -0.2) is 13.2 Å². The molecule has 0 heterocycles. The minimum atomic E-state index is -1.41. The molecule has 0 radical (unpaired) electrons. The highest BCUT2D eigenvalue weighted by molar-refractivity contribution is 6.31. The lowest BCUT2D eigenvalue weighted by atomic mass is 9.97. The van der Waals surface area contributed by atoms with E-state index in [2.05, 4.69) is 0 Å². The van der Waals surface area contributed by atoms with Crippen molar-refractivity contribution >= 4 is 11.6 Å². The normalized spacial score (nSPS) is 12.5. The van der Waals surface area contributed by atoms with Crippen molar-refractivity contribution in [3.63, 3.8) is 0 Å². The minimum Gasteiger partial charge on any atom is -0.384 e. The van der Waals surface area contributed by atoms with Gasteiger partial charge in [0.1, 0.15) is 11.9 Å². The van der Waals surface area contributed by atoms with E-state index in [1.165, 1.54) is 0 Å². The number of aliphatic hydroxyl groups is 1. The van der Waals surface area contributed by atoms with Crippen LogP contribution in [0, 0.1) is 24.4 Å². The van der Waals surface area contributed by atoms with E-state index in [0.717, 1.165) is 0 Å². The molecule has 1 nitrogen and oxygen atoms in total. The Hall–Kier alpha value is -1.52. The first-order valence-electron chi connectivity index (χ1n) is 5.49. The van der Waals surface area contributed by atoms with Gasteiger partial charge in [0.25, 0.3) is 0 Å². The van der Waals surface area contributed by atoms with Crippen molar-refractivity contribution in [2.45, 2.75) is 13.0 Å². The fourth-order valence-corrected chi connectivity index (χ4v) is 2.02. The quantitative estimate of drug-likeness (QED) is 0.822. The average Bonchev–Trinajstić information content (AvgIpc) is 2.36. The zero-order chi connectivity index (χ0) is 14.2. The van der Waals surface area contributed by atoms with Crippen LogP contribution in [-0.2, 0) is 0 Å². The van der Waals surface area contributed by atoms with Gasteiger partial charge < -0.3 is 5.11 Å². The molecular formula is C14H10ClF3O. The Morgan fingerprint density at radius 1 is 1.00 bits per heavy atom. The summed E-state index contributed by atoms with van der Waals surface area (Å²) in [6.07, 6.45) is -1.41. The lowest BCUT2D eigenvalue weighted by molar-refractivity contribution is 0.213. The fraction of sp³-hybridized carbons (Fsp3) is 0.143. The summed E-state index contributed by atoms with van der Waals surface area (Å²) in [6.45, 7) is 1.65. The first kappa shape index (κ1) is 13.9. The first-order valence-corrected chi connectivity index (χ1v) is 5.87. The maximum absolute atomic E-state index is 13.6. The van der Waals surface area contributed by atoms with Gasteiger partial charge in [-0.05, 0) is 30.2 Å². The molecule has 0 saturated heterocycles. The monoisotopic (exact) mass is 286 g/mol. The van der Waals surface area contributed by atoms with Crippen LogP contribution in [-0.4, -0.2) is 5.11 Å². The topological polar surface area (TPSA) is 20.2 Å². The predicted molar refractivity (Wildman–Crippen MR) is 66.6 cm³/mol. The van der Waals surface area contributed by atoms with Crippen LogP contribution in [0.5, 0.6) is 0 Å². The molecule has 1 unspecified atom stereocenters. The minimum absolute atomic E-state index is 0.329. The van der Waals surface area contributed by atoms with Crippen molar-refractivity contribution in [1.82, 2.24) is 0 Å².